The maximum atomic E-state index is 12.8. The van der Waals surface area contributed by atoms with Crippen molar-refractivity contribution in [1.29, 1.82) is 0 Å². The van der Waals surface area contributed by atoms with Gasteiger partial charge in [0.2, 0.25) is 35.4 Å². The SMILES string of the molecule is NC(=O)C[C@H](NC(=O)CCCCCCCC(=O)NCCCCC(=O)N[C@@H](Cc1ccccc1)C(N)=O)C(=O)N[C@@H](Cc1ccccc1)C(=O)O. The summed E-state index contributed by atoms with van der Waals surface area (Å²) in [7, 11) is 0. The second kappa shape index (κ2) is 23.1. The molecule has 0 radical (unpaired) electrons. The highest BCUT2D eigenvalue weighted by molar-refractivity contribution is 5.93. The fourth-order valence-electron chi connectivity index (χ4n) is 5.17. The Morgan fingerprint density at radius 3 is 1.52 bits per heavy atom. The monoisotopic (exact) mass is 694 g/mol. The number of carboxylic acids is 1. The van der Waals surface area contributed by atoms with Gasteiger partial charge in [-0.3, -0.25) is 28.8 Å². The molecule has 0 bridgehead atoms. The maximum absolute atomic E-state index is 12.8. The number of benzene rings is 2. The number of nitrogens with two attached hydrogens (primary N) is 2. The molecule has 0 aromatic heterocycles. The lowest BCUT2D eigenvalue weighted by molar-refractivity contribution is -0.142. The zero-order chi connectivity index (χ0) is 36.7. The molecule has 0 saturated carbocycles. The van der Waals surface area contributed by atoms with E-state index >= 15 is 0 Å². The minimum absolute atomic E-state index is 0.0260. The van der Waals surface area contributed by atoms with Crippen LogP contribution in [0.1, 0.15) is 81.8 Å². The first-order valence-corrected chi connectivity index (χ1v) is 17.0. The van der Waals surface area contributed by atoms with E-state index in [1.165, 1.54) is 0 Å². The molecule has 0 fully saturated rings. The van der Waals surface area contributed by atoms with Crippen LogP contribution in [0.2, 0.25) is 0 Å². The Morgan fingerprint density at radius 2 is 1.02 bits per heavy atom. The van der Waals surface area contributed by atoms with E-state index in [1.807, 2.05) is 30.3 Å². The largest absolute Gasteiger partial charge is 0.480 e. The van der Waals surface area contributed by atoms with Gasteiger partial charge < -0.3 is 37.8 Å². The van der Waals surface area contributed by atoms with Crippen molar-refractivity contribution in [3.63, 3.8) is 0 Å². The summed E-state index contributed by atoms with van der Waals surface area (Å²) in [5.74, 6) is -4.29. The minimum atomic E-state index is -1.30. The number of unbranched alkanes of at least 4 members (excludes halogenated alkanes) is 5. The fourth-order valence-corrected chi connectivity index (χ4v) is 5.17. The highest BCUT2D eigenvalue weighted by atomic mass is 16.4. The average molecular weight is 695 g/mol. The van der Waals surface area contributed by atoms with Crippen molar-refractivity contribution in [2.24, 2.45) is 11.5 Å². The van der Waals surface area contributed by atoms with Gasteiger partial charge in [-0.25, -0.2) is 4.79 Å². The van der Waals surface area contributed by atoms with Crippen LogP contribution in [-0.4, -0.2) is 71.2 Å². The topological polar surface area (TPSA) is 240 Å². The predicted molar refractivity (Wildman–Crippen MR) is 186 cm³/mol. The van der Waals surface area contributed by atoms with Gasteiger partial charge in [-0.05, 0) is 36.8 Å². The Morgan fingerprint density at radius 1 is 0.560 bits per heavy atom. The molecule has 50 heavy (non-hydrogen) atoms. The molecule has 0 heterocycles. The van der Waals surface area contributed by atoms with E-state index < -0.39 is 54.1 Å². The molecule has 0 unspecified atom stereocenters. The lowest BCUT2D eigenvalue weighted by Crippen LogP contribution is -2.53. The van der Waals surface area contributed by atoms with Crippen LogP contribution in [0.4, 0.5) is 0 Å². The molecular formula is C36H50N6O8. The lowest BCUT2D eigenvalue weighted by atomic mass is 10.0. The van der Waals surface area contributed by atoms with Gasteiger partial charge >= 0.3 is 5.97 Å². The molecular weight excluding hydrogens is 644 g/mol. The average Bonchev–Trinajstić information content (AvgIpc) is 3.07. The molecule has 0 aliphatic rings. The third-order valence-corrected chi connectivity index (χ3v) is 7.88. The van der Waals surface area contributed by atoms with E-state index in [0.29, 0.717) is 57.1 Å². The number of carbonyl (C=O) groups excluding carboxylic acids is 6. The van der Waals surface area contributed by atoms with Crippen LogP contribution in [-0.2, 0) is 46.4 Å². The molecule has 0 spiro atoms. The fraction of sp³-hybridized carbons (Fsp3) is 0.472. The number of hydrogen-bond acceptors (Lipinski definition) is 7. The van der Waals surface area contributed by atoms with Crippen LogP contribution in [0.3, 0.4) is 0 Å². The molecule has 6 amide bonds. The van der Waals surface area contributed by atoms with Gasteiger partial charge in [0.15, 0.2) is 0 Å². The predicted octanol–water partition coefficient (Wildman–Crippen LogP) is 1.39. The number of hydrogen-bond donors (Lipinski definition) is 7. The number of rotatable bonds is 25. The van der Waals surface area contributed by atoms with Crippen molar-refractivity contribution in [3.05, 3.63) is 71.8 Å². The Hall–Kier alpha value is -5.27. The zero-order valence-corrected chi connectivity index (χ0v) is 28.4. The molecule has 14 heteroatoms. The third-order valence-electron chi connectivity index (χ3n) is 7.88. The maximum Gasteiger partial charge on any atom is 0.326 e. The van der Waals surface area contributed by atoms with Crippen molar-refractivity contribution in [2.45, 2.75) is 102 Å². The van der Waals surface area contributed by atoms with Crippen LogP contribution < -0.4 is 32.7 Å². The number of carbonyl (C=O) groups is 7. The van der Waals surface area contributed by atoms with E-state index in [4.69, 9.17) is 11.5 Å². The highest BCUT2D eigenvalue weighted by Crippen LogP contribution is 2.09. The summed E-state index contributed by atoms with van der Waals surface area (Å²) < 4.78 is 0. The van der Waals surface area contributed by atoms with Crippen LogP contribution in [0.15, 0.2) is 60.7 Å². The molecule has 2 rings (SSSR count). The van der Waals surface area contributed by atoms with Crippen molar-refractivity contribution in [3.8, 4) is 0 Å². The van der Waals surface area contributed by atoms with E-state index in [2.05, 4.69) is 21.3 Å². The number of aliphatic carboxylic acids is 1. The Bertz CT molecular complexity index is 1410. The Kier molecular flexibility index (Phi) is 18.9. The second-order valence-corrected chi connectivity index (χ2v) is 12.2. The van der Waals surface area contributed by atoms with Gasteiger partial charge in [0.05, 0.1) is 6.42 Å². The minimum Gasteiger partial charge on any atom is -0.480 e. The molecule has 9 N–H and O–H groups in total. The quantitative estimate of drug-likeness (QED) is 0.0748. The van der Waals surface area contributed by atoms with E-state index in [9.17, 15) is 38.7 Å². The molecule has 2 aromatic rings. The zero-order valence-electron chi connectivity index (χ0n) is 28.4. The van der Waals surface area contributed by atoms with Crippen LogP contribution in [0.25, 0.3) is 0 Å². The molecule has 14 nitrogen and oxygen atoms in total. The summed E-state index contributed by atoms with van der Waals surface area (Å²) in [6.07, 6.45) is 5.17. The van der Waals surface area contributed by atoms with Gasteiger partial charge in [0, 0.05) is 38.6 Å². The standard InChI is InChI=1S/C36H50N6O8/c37-30(43)24-28(35(48)42-29(36(49)50)23-26-16-8-5-9-17-26)41-33(46)19-11-3-1-2-10-18-31(44)39-21-13-12-20-32(45)40-27(34(38)47)22-25-14-6-4-7-15-25/h4-9,14-17,27-29H,1-3,10-13,18-24H2,(H2,37,43)(H2,38,47)(H,39,44)(H,40,45)(H,41,46)(H,42,48)(H,49,50)/t27-,28-,29-/m0/s1. The summed E-state index contributed by atoms with van der Waals surface area (Å²) in [5, 5.41) is 20.0. The number of nitrogens with one attached hydrogen (secondary N) is 4. The third kappa shape index (κ3) is 17.8. The van der Waals surface area contributed by atoms with Crippen LogP contribution in [0.5, 0.6) is 0 Å². The summed E-state index contributed by atoms with van der Waals surface area (Å²) in [4.78, 5) is 84.7. The molecule has 0 aliphatic heterocycles. The molecule has 272 valence electrons. The lowest BCUT2D eigenvalue weighted by Gasteiger charge is -2.21. The molecule has 0 aliphatic carbocycles. The van der Waals surface area contributed by atoms with Crippen LogP contribution in [0, 0.1) is 0 Å². The summed E-state index contributed by atoms with van der Waals surface area (Å²) in [5.41, 5.74) is 12.3. The number of amides is 6. The van der Waals surface area contributed by atoms with Gasteiger partial charge in [0.1, 0.15) is 18.1 Å². The summed E-state index contributed by atoms with van der Waals surface area (Å²) in [6.45, 7) is 0.434. The summed E-state index contributed by atoms with van der Waals surface area (Å²) >= 11 is 0. The van der Waals surface area contributed by atoms with Crippen molar-refractivity contribution in [1.82, 2.24) is 21.3 Å². The van der Waals surface area contributed by atoms with E-state index in [1.54, 1.807) is 30.3 Å². The molecule has 2 aromatic carbocycles. The first kappa shape index (κ1) is 40.9. The molecule has 3 atom stereocenters. The van der Waals surface area contributed by atoms with Crippen LogP contribution >= 0.6 is 0 Å². The Balaban J connectivity index is 1.57. The van der Waals surface area contributed by atoms with Crippen molar-refractivity contribution in [2.75, 3.05) is 6.54 Å². The van der Waals surface area contributed by atoms with E-state index in [-0.39, 0.29) is 31.1 Å². The summed E-state index contributed by atoms with van der Waals surface area (Å²) in [6, 6.07) is 14.7. The van der Waals surface area contributed by atoms with Gasteiger partial charge in [0.25, 0.3) is 0 Å². The van der Waals surface area contributed by atoms with E-state index in [0.717, 1.165) is 18.4 Å². The smallest absolute Gasteiger partial charge is 0.326 e. The van der Waals surface area contributed by atoms with Crippen molar-refractivity contribution < 1.29 is 38.7 Å². The molecule has 0 saturated heterocycles. The normalized spacial score (nSPS) is 12.5. The van der Waals surface area contributed by atoms with Gasteiger partial charge in [-0.15, -0.1) is 0 Å². The second-order valence-electron chi connectivity index (χ2n) is 12.2. The highest BCUT2D eigenvalue weighted by Gasteiger charge is 2.28. The number of carboxylic acid groups (broad SMARTS) is 1. The van der Waals surface area contributed by atoms with Crippen molar-refractivity contribution >= 4 is 41.4 Å². The first-order chi connectivity index (χ1) is 23.9. The first-order valence-electron chi connectivity index (χ1n) is 17.0. The van der Waals surface area contributed by atoms with Gasteiger partial charge in [-0.1, -0.05) is 79.9 Å². The Labute approximate surface area is 292 Å². The number of primary amides is 2. The van der Waals surface area contributed by atoms with Gasteiger partial charge in [-0.2, -0.15) is 0 Å².